The van der Waals surface area contributed by atoms with Crippen molar-refractivity contribution in [2.75, 3.05) is 0 Å². The predicted molar refractivity (Wildman–Crippen MR) is 81.8 cm³/mol. The zero-order chi connectivity index (χ0) is 14.0. The number of hydrogen-bond donors (Lipinski definition) is 1. The summed E-state index contributed by atoms with van der Waals surface area (Å²) >= 11 is 0. The van der Waals surface area contributed by atoms with Gasteiger partial charge < -0.3 is 4.98 Å². The largest absolute Gasteiger partial charge is 0.332 e. The molecular formula is C16H10N4O. The molecule has 0 atom stereocenters. The highest BCUT2D eigenvalue weighted by Crippen LogP contribution is 2.24. The molecule has 0 aliphatic rings. The molecule has 0 aliphatic carbocycles. The molecule has 5 heteroatoms. The number of aromatic nitrogens is 4. The number of para-hydroxylation sites is 1. The smallest absolute Gasteiger partial charge is 0.307 e. The van der Waals surface area contributed by atoms with E-state index in [1.54, 1.807) is 8.92 Å². The average Bonchev–Trinajstić information content (AvgIpc) is 3.03. The summed E-state index contributed by atoms with van der Waals surface area (Å²) in [7, 11) is 0. The van der Waals surface area contributed by atoms with Crippen molar-refractivity contribution in [3.63, 3.8) is 0 Å². The van der Waals surface area contributed by atoms with Crippen molar-refractivity contribution in [2.24, 2.45) is 0 Å². The number of imidazole rings is 1. The number of benzene rings is 2. The highest BCUT2D eigenvalue weighted by Gasteiger charge is 2.14. The second kappa shape index (κ2) is 3.52. The fraction of sp³-hybridized carbons (Fsp3) is 0. The van der Waals surface area contributed by atoms with Crippen molar-refractivity contribution < 1.29 is 0 Å². The molecule has 0 saturated carbocycles. The zero-order valence-corrected chi connectivity index (χ0v) is 10.9. The van der Waals surface area contributed by atoms with Gasteiger partial charge in [-0.25, -0.2) is 13.7 Å². The van der Waals surface area contributed by atoms with Crippen LogP contribution >= 0.6 is 0 Å². The summed E-state index contributed by atoms with van der Waals surface area (Å²) < 4.78 is 3.47. The molecule has 21 heavy (non-hydrogen) atoms. The number of fused-ring (bicyclic) bond motifs is 7. The number of rotatable bonds is 0. The molecule has 0 unspecified atom stereocenters. The molecule has 3 aromatic heterocycles. The molecule has 0 saturated heterocycles. The van der Waals surface area contributed by atoms with E-state index in [0.717, 1.165) is 33.0 Å². The predicted octanol–water partition coefficient (Wildman–Crippen LogP) is 2.58. The molecular weight excluding hydrogens is 264 g/mol. The van der Waals surface area contributed by atoms with Gasteiger partial charge in [0.15, 0.2) is 5.65 Å². The third-order valence-corrected chi connectivity index (χ3v) is 3.92. The highest BCUT2D eigenvalue weighted by molar-refractivity contribution is 5.99. The van der Waals surface area contributed by atoms with Gasteiger partial charge in [0.2, 0.25) is 0 Å². The summed E-state index contributed by atoms with van der Waals surface area (Å²) in [6.07, 6.45) is 1.91. The number of aromatic amines is 1. The van der Waals surface area contributed by atoms with Crippen molar-refractivity contribution in [1.29, 1.82) is 0 Å². The Hall–Kier alpha value is -3.08. The van der Waals surface area contributed by atoms with Gasteiger partial charge in [0, 0.05) is 10.8 Å². The molecule has 1 N–H and O–H groups in total. The Morgan fingerprint density at radius 2 is 1.71 bits per heavy atom. The lowest BCUT2D eigenvalue weighted by Crippen LogP contribution is -2.15. The molecule has 0 aliphatic heterocycles. The van der Waals surface area contributed by atoms with Gasteiger partial charge in [-0.05, 0) is 18.2 Å². The molecule has 3 heterocycles. The molecule has 0 spiro atoms. The first-order valence-electron chi connectivity index (χ1n) is 6.72. The van der Waals surface area contributed by atoms with E-state index in [0.29, 0.717) is 0 Å². The van der Waals surface area contributed by atoms with Crippen LogP contribution in [0.15, 0.2) is 59.5 Å². The van der Waals surface area contributed by atoms with Gasteiger partial charge in [0.25, 0.3) is 0 Å². The van der Waals surface area contributed by atoms with Crippen LogP contribution in [0.3, 0.4) is 0 Å². The second-order valence-corrected chi connectivity index (χ2v) is 5.11. The minimum atomic E-state index is -0.149. The van der Waals surface area contributed by atoms with Crippen LogP contribution in [0, 0.1) is 0 Å². The number of nitrogens with one attached hydrogen (secondary N) is 1. The maximum absolute atomic E-state index is 12.5. The Morgan fingerprint density at radius 3 is 2.62 bits per heavy atom. The Morgan fingerprint density at radius 1 is 0.952 bits per heavy atom. The first kappa shape index (κ1) is 10.7. The van der Waals surface area contributed by atoms with Crippen molar-refractivity contribution in [1.82, 2.24) is 19.0 Å². The quantitative estimate of drug-likeness (QED) is 0.472. The summed E-state index contributed by atoms with van der Waals surface area (Å²) in [5.41, 5.74) is 3.23. The lowest BCUT2D eigenvalue weighted by Gasteiger charge is -2.00. The monoisotopic (exact) mass is 274 g/mol. The van der Waals surface area contributed by atoms with E-state index in [9.17, 15) is 4.79 Å². The van der Waals surface area contributed by atoms with Crippen molar-refractivity contribution in [3.05, 3.63) is 65.2 Å². The molecule has 0 radical (unpaired) electrons. The normalized spacial score (nSPS) is 12.0. The van der Waals surface area contributed by atoms with Crippen LogP contribution in [0.5, 0.6) is 0 Å². The van der Waals surface area contributed by atoms with E-state index in [1.165, 1.54) is 0 Å². The summed E-state index contributed by atoms with van der Waals surface area (Å²) in [6.45, 7) is 0. The van der Waals surface area contributed by atoms with Gasteiger partial charge in [-0.1, -0.05) is 30.3 Å². The number of H-pyrrole nitrogens is 1. The lowest BCUT2D eigenvalue weighted by molar-refractivity contribution is 0.976. The first-order valence-corrected chi connectivity index (χ1v) is 6.72. The third kappa shape index (κ3) is 1.25. The molecule has 100 valence electrons. The minimum absolute atomic E-state index is 0.149. The Kier molecular flexibility index (Phi) is 1.79. The highest BCUT2D eigenvalue weighted by atomic mass is 16.1. The van der Waals surface area contributed by atoms with E-state index in [4.69, 9.17) is 0 Å². The van der Waals surface area contributed by atoms with Crippen LogP contribution in [0.2, 0.25) is 0 Å². The van der Waals surface area contributed by atoms with Crippen LogP contribution in [0.1, 0.15) is 0 Å². The molecule has 0 fully saturated rings. The number of nitrogens with zero attached hydrogens (tertiary/aromatic N) is 3. The molecule has 0 amide bonds. The topological polar surface area (TPSA) is 54.6 Å². The Bertz CT molecular complexity index is 1200. The van der Waals surface area contributed by atoms with Crippen LogP contribution in [-0.2, 0) is 0 Å². The maximum atomic E-state index is 12.5. The van der Waals surface area contributed by atoms with E-state index >= 15 is 0 Å². The maximum Gasteiger partial charge on any atom is 0.332 e. The fourth-order valence-corrected chi connectivity index (χ4v) is 3.02. The molecule has 5 aromatic rings. The van der Waals surface area contributed by atoms with Crippen molar-refractivity contribution >= 4 is 33.0 Å². The Balaban J connectivity index is 2.16. The lowest BCUT2D eigenvalue weighted by atomic mass is 10.2. The minimum Gasteiger partial charge on any atom is -0.307 e. The second-order valence-electron chi connectivity index (χ2n) is 5.11. The summed E-state index contributed by atoms with van der Waals surface area (Å²) in [4.78, 5) is 15.4. The fourth-order valence-electron chi connectivity index (χ4n) is 3.02. The van der Waals surface area contributed by atoms with Gasteiger partial charge in [0.1, 0.15) is 0 Å². The molecule has 0 bridgehead atoms. The van der Waals surface area contributed by atoms with Gasteiger partial charge in [-0.3, -0.25) is 0 Å². The van der Waals surface area contributed by atoms with Crippen molar-refractivity contribution in [3.8, 4) is 0 Å². The standard InChI is InChI=1S/C16H10N4O/c21-16-17-12-7-3-1-5-10(12)14-9-19-15(20(14)16)11-6-2-4-8-13(11)18-19/h1-9H,(H,17,21). The Labute approximate surface area is 118 Å². The van der Waals surface area contributed by atoms with Crippen molar-refractivity contribution in [2.45, 2.75) is 0 Å². The van der Waals surface area contributed by atoms with Crippen LogP contribution in [0.25, 0.3) is 33.0 Å². The SMILES string of the molecule is O=c1[nH]c2ccccc2c2cn3nc4ccccc4c3n12. The van der Waals surface area contributed by atoms with E-state index < -0.39 is 0 Å². The summed E-state index contributed by atoms with van der Waals surface area (Å²) in [6, 6.07) is 15.6. The van der Waals surface area contributed by atoms with E-state index in [1.807, 2.05) is 54.7 Å². The van der Waals surface area contributed by atoms with E-state index in [-0.39, 0.29) is 5.69 Å². The average molecular weight is 274 g/mol. The van der Waals surface area contributed by atoms with Gasteiger partial charge in [-0.15, -0.1) is 0 Å². The van der Waals surface area contributed by atoms with Gasteiger partial charge >= 0.3 is 5.69 Å². The van der Waals surface area contributed by atoms with Crippen LogP contribution < -0.4 is 5.69 Å². The van der Waals surface area contributed by atoms with Gasteiger partial charge in [0.05, 0.1) is 22.7 Å². The van der Waals surface area contributed by atoms with Crippen LogP contribution in [-0.4, -0.2) is 19.0 Å². The zero-order valence-electron chi connectivity index (χ0n) is 10.9. The van der Waals surface area contributed by atoms with Crippen LogP contribution in [0.4, 0.5) is 0 Å². The third-order valence-electron chi connectivity index (χ3n) is 3.92. The first-order chi connectivity index (χ1) is 10.3. The molecule has 5 nitrogen and oxygen atoms in total. The molecule has 2 aromatic carbocycles. The van der Waals surface area contributed by atoms with Gasteiger partial charge in [-0.2, -0.15) is 5.10 Å². The summed E-state index contributed by atoms with van der Waals surface area (Å²) in [5, 5.41) is 6.52. The summed E-state index contributed by atoms with van der Waals surface area (Å²) in [5.74, 6) is 0. The van der Waals surface area contributed by atoms with E-state index in [2.05, 4.69) is 10.1 Å². The molecule has 5 rings (SSSR count). The number of hydrogen-bond acceptors (Lipinski definition) is 2.